The Kier molecular flexibility index (Phi) is 1.83. The van der Waals surface area contributed by atoms with Crippen molar-refractivity contribution in [1.82, 2.24) is 0 Å². The highest BCUT2D eigenvalue weighted by atomic mass is 31.1. The normalized spacial score (nSPS) is 20.0. The lowest BCUT2D eigenvalue weighted by Crippen LogP contribution is -1.91. The lowest BCUT2D eigenvalue weighted by atomic mass is 10.1. The fourth-order valence-corrected chi connectivity index (χ4v) is 3.14. The van der Waals surface area contributed by atoms with Crippen molar-refractivity contribution in [3.05, 3.63) is 52.8 Å². The summed E-state index contributed by atoms with van der Waals surface area (Å²) in [4.78, 5) is 0. The molecule has 74 valence electrons. The zero-order valence-corrected chi connectivity index (χ0v) is 9.64. The minimum atomic E-state index is 0.973. The van der Waals surface area contributed by atoms with Gasteiger partial charge in [0.15, 0.2) is 0 Å². The van der Waals surface area contributed by atoms with Gasteiger partial charge in [-0.1, -0.05) is 8.20 Å². The summed E-state index contributed by atoms with van der Waals surface area (Å²) < 4.78 is 5.46. The van der Waals surface area contributed by atoms with Crippen molar-refractivity contribution in [2.24, 2.45) is 0 Å². The van der Waals surface area contributed by atoms with E-state index in [1.807, 2.05) is 12.1 Å². The predicted molar refractivity (Wildman–Crippen MR) is 65.1 cm³/mol. The molecule has 0 fully saturated rings. The molecule has 2 aliphatic rings. The molecule has 0 atom stereocenters. The lowest BCUT2D eigenvalue weighted by Gasteiger charge is -1.97. The van der Waals surface area contributed by atoms with Crippen LogP contribution in [-0.4, -0.2) is 5.29 Å². The highest BCUT2D eigenvalue weighted by molar-refractivity contribution is 7.47. The van der Waals surface area contributed by atoms with Gasteiger partial charge in [-0.25, -0.2) is 0 Å². The highest BCUT2D eigenvalue weighted by Crippen LogP contribution is 2.41. The van der Waals surface area contributed by atoms with E-state index in [2.05, 4.69) is 26.0 Å². The van der Waals surface area contributed by atoms with E-state index in [9.17, 15) is 0 Å². The molecule has 1 nitrogen and oxygen atoms in total. The molecule has 3 rings (SSSR count). The van der Waals surface area contributed by atoms with Crippen LogP contribution >= 0.6 is 8.20 Å². The zero-order chi connectivity index (χ0) is 10.4. The maximum absolute atomic E-state index is 5.46. The second kappa shape index (κ2) is 3.08. The Labute approximate surface area is 90.6 Å². The molecular formula is C13H11OP. The number of hydrogen-bond donors (Lipinski definition) is 0. The predicted octanol–water partition coefficient (Wildman–Crippen LogP) is 4.03. The van der Waals surface area contributed by atoms with Gasteiger partial charge < -0.3 is 4.42 Å². The molecule has 0 radical (unpaired) electrons. The summed E-state index contributed by atoms with van der Waals surface area (Å²) in [5.74, 6) is 0.973. The number of fused-ring (bicyclic) bond motifs is 1. The first-order valence-electron chi connectivity index (χ1n) is 5.00. The molecular weight excluding hydrogens is 203 g/mol. The molecule has 1 aromatic rings. The summed E-state index contributed by atoms with van der Waals surface area (Å²) in [6.45, 7) is 4.34. The first kappa shape index (κ1) is 8.94. The van der Waals surface area contributed by atoms with E-state index in [1.54, 1.807) is 6.26 Å². The standard InChI is InChI=1S/C13H11OP/c1-8-6-10(12-4-3-5-14-12)11-7-9(2)15-13(8)11/h3-7H,1-2H3. The van der Waals surface area contributed by atoms with Gasteiger partial charge in [0, 0.05) is 10.9 Å². The second-order valence-electron chi connectivity index (χ2n) is 3.88. The molecule has 2 heteroatoms. The smallest absolute Gasteiger partial charge is 0.134 e. The Morgan fingerprint density at radius 3 is 2.73 bits per heavy atom. The molecule has 0 unspecified atom stereocenters. The summed E-state index contributed by atoms with van der Waals surface area (Å²) in [5, 5.41) is 2.86. The Bertz CT molecular complexity index is 539. The van der Waals surface area contributed by atoms with Crippen LogP contribution in [0.3, 0.4) is 0 Å². The monoisotopic (exact) mass is 214 g/mol. The molecule has 1 aliphatic carbocycles. The minimum Gasteiger partial charge on any atom is -0.464 e. The van der Waals surface area contributed by atoms with Gasteiger partial charge >= 0.3 is 0 Å². The van der Waals surface area contributed by atoms with Crippen LogP contribution < -0.4 is 0 Å². The zero-order valence-electron chi connectivity index (χ0n) is 8.74. The molecule has 1 aromatic heterocycles. The quantitative estimate of drug-likeness (QED) is 0.643. The van der Waals surface area contributed by atoms with E-state index >= 15 is 0 Å². The molecule has 0 saturated carbocycles. The van der Waals surface area contributed by atoms with E-state index in [4.69, 9.17) is 4.42 Å². The summed E-state index contributed by atoms with van der Waals surface area (Å²) >= 11 is 0. The maximum Gasteiger partial charge on any atom is 0.134 e. The first-order valence-corrected chi connectivity index (χ1v) is 5.89. The van der Waals surface area contributed by atoms with Crippen LogP contribution in [0.5, 0.6) is 0 Å². The number of furan rings is 1. The molecule has 1 aliphatic heterocycles. The van der Waals surface area contributed by atoms with Gasteiger partial charge in [-0.15, -0.1) is 0 Å². The van der Waals surface area contributed by atoms with Crippen LogP contribution in [0.1, 0.15) is 19.6 Å². The summed E-state index contributed by atoms with van der Waals surface area (Å²) in [5.41, 5.74) is 3.95. The average Bonchev–Trinajstić information content (AvgIpc) is 2.85. The molecule has 0 aromatic carbocycles. The largest absolute Gasteiger partial charge is 0.464 e. The van der Waals surface area contributed by atoms with E-state index in [0.717, 1.165) is 5.76 Å². The van der Waals surface area contributed by atoms with E-state index in [0.29, 0.717) is 0 Å². The fourth-order valence-electron chi connectivity index (χ4n) is 2.05. The summed E-state index contributed by atoms with van der Waals surface area (Å²) in [6.07, 6.45) is 6.22. The number of allylic oxidation sites excluding steroid dienone is 6. The van der Waals surface area contributed by atoms with Crippen molar-refractivity contribution >= 4 is 19.1 Å². The van der Waals surface area contributed by atoms with E-state index < -0.39 is 0 Å². The van der Waals surface area contributed by atoms with Crippen LogP contribution in [0.4, 0.5) is 0 Å². The van der Waals surface area contributed by atoms with Crippen LogP contribution in [0.2, 0.25) is 0 Å². The molecule has 0 amide bonds. The third-order valence-corrected chi connectivity index (χ3v) is 4.01. The molecule has 2 heterocycles. The number of rotatable bonds is 1. The lowest BCUT2D eigenvalue weighted by molar-refractivity contribution is 0.554. The summed E-state index contributed by atoms with van der Waals surface area (Å²) in [6, 6.07) is 3.96. The molecule has 0 N–H and O–H groups in total. The van der Waals surface area contributed by atoms with E-state index in [1.165, 1.54) is 35.5 Å². The van der Waals surface area contributed by atoms with Gasteiger partial charge in [-0.05, 0) is 54.6 Å². The van der Waals surface area contributed by atoms with Crippen molar-refractivity contribution in [3.63, 3.8) is 0 Å². The Hall–Kier alpha value is -1.33. The van der Waals surface area contributed by atoms with Crippen molar-refractivity contribution < 1.29 is 4.42 Å². The van der Waals surface area contributed by atoms with Crippen LogP contribution in [0.25, 0.3) is 5.57 Å². The molecule has 15 heavy (non-hydrogen) atoms. The molecule has 0 spiro atoms. The highest BCUT2D eigenvalue weighted by Gasteiger charge is 2.23. The van der Waals surface area contributed by atoms with Gasteiger partial charge in [0.05, 0.1) is 6.26 Å². The summed E-state index contributed by atoms with van der Waals surface area (Å²) in [7, 11) is 1.35. The van der Waals surface area contributed by atoms with Gasteiger partial charge in [0.2, 0.25) is 0 Å². The van der Waals surface area contributed by atoms with Crippen molar-refractivity contribution in [2.75, 3.05) is 0 Å². The van der Waals surface area contributed by atoms with Crippen molar-refractivity contribution in [2.45, 2.75) is 13.8 Å². The van der Waals surface area contributed by atoms with Crippen LogP contribution in [-0.2, 0) is 0 Å². The van der Waals surface area contributed by atoms with Gasteiger partial charge in [-0.2, -0.15) is 0 Å². The van der Waals surface area contributed by atoms with Gasteiger partial charge in [0.25, 0.3) is 0 Å². The fraction of sp³-hybridized carbons (Fsp3) is 0.154. The maximum atomic E-state index is 5.46. The first-order chi connectivity index (χ1) is 7.25. The Morgan fingerprint density at radius 1 is 1.13 bits per heavy atom. The Balaban J connectivity index is 2.21. The number of hydrogen-bond acceptors (Lipinski definition) is 1. The average molecular weight is 214 g/mol. The Morgan fingerprint density at radius 2 is 2.00 bits per heavy atom. The minimum absolute atomic E-state index is 0.973. The third-order valence-electron chi connectivity index (χ3n) is 2.71. The van der Waals surface area contributed by atoms with Gasteiger partial charge in [0.1, 0.15) is 5.76 Å². The van der Waals surface area contributed by atoms with Crippen molar-refractivity contribution in [1.29, 1.82) is 0 Å². The third kappa shape index (κ3) is 1.27. The van der Waals surface area contributed by atoms with E-state index in [-0.39, 0.29) is 0 Å². The van der Waals surface area contributed by atoms with Crippen LogP contribution in [0.15, 0.2) is 51.4 Å². The van der Waals surface area contributed by atoms with Gasteiger partial charge in [-0.3, -0.25) is 0 Å². The molecule has 0 bridgehead atoms. The van der Waals surface area contributed by atoms with Crippen LogP contribution in [0, 0.1) is 0 Å². The second-order valence-corrected chi connectivity index (χ2v) is 5.25. The molecule has 0 saturated heterocycles. The SMILES string of the molecule is CC1=CC2=C(c3ccco3)C=C(C)C2=P1. The van der Waals surface area contributed by atoms with Crippen molar-refractivity contribution in [3.8, 4) is 0 Å². The topological polar surface area (TPSA) is 13.1 Å².